The molecular formula is C24H25NO8. The van der Waals surface area contributed by atoms with Gasteiger partial charge < -0.3 is 29.5 Å². The molecule has 174 valence electrons. The molecule has 0 bridgehead atoms. The van der Waals surface area contributed by atoms with Gasteiger partial charge in [-0.25, -0.2) is 0 Å². The maximum absolute atomic E-state index is 13.4. The lowest BCUT2D eigenvalue weighted by atomic mass is 9.82. The molecule has 3 heterocycles. The van der Waals surface area contributed by atoms with Crippen LogP contribution in [0.4, 0.5) is 0 Å². The molecule has 2 aromatic rings. The zero-order valence-corrected chi connectivity index (χ0v) is 18.7. The SMILES string of the molecule is CCCc1nc(C)cc2c1C(=O)c1cc(=O)c3c(c(O)c1-2)O[C@H]1O[C@H](C)[C@@H](OC)[C@@H](O)[C@]31O. The van der Waals surface area contributed by atoms with Gasteiger partial charge in [-0.05, 0) is 32.4 Å². The van der Waals surface area contributed by atoms with Crippen molar-refractivity contribution in [3.8, 4) is 22.6 Å². The largest absolute Gasteiger partial charge is 0.504 e. The quantitative estimate of drug-likeness (QED) is 0.534. The van der Waals surface area contributed by atoms with Crippen LogP contribution in [0.2, 0.25) is 0 Å². The Bertz CT molecular complexity index is 1260. The van der Waals surface area contributed by atoms with Crippen LogP contribution in [0.15, 0.2) is 16.9 Å². The standard InChI is InChI=1S/C24H25NO8/c1-5-6-13-16-11(7-9(2)25-13)15-12(18(16)27)8-14(26)17-21(19(15)28)33-23-24(17,30)22(29)20(31-4)10(3)32-23/h7-8,10,20,22-23,28-30H,5-6H2,1-4H3/t10-,20-,22-,23-,24-/m1/s1. The van der Waals surface area contributed by atoms with Gasteiger partial charge in [-0.3, -0.25) is 14.6 Å². The minimum absolute atomic E-state index is 0.00159. The third-order valence-corrected chi connectivity index (χ3v) is 6.74. The van der Waals surface area contributed by atoms with Crippen molar-refractivity contribution in [3.05, 3.63) is 50.4 Å². The summed E-state index contributed by atoms with van der Waals surface area (Å²) < 4.78 is 16.7. The highest BCUT2D eigenvalue weighted by Crippen LogP contribution is 2.54. The van der Waals surface area contributed by atoms with E-state index in [9.17, 15) is 24.9 Å². The first-order valence-electron chi connectivity index (χ1n) is 10.9. The molecule has 5 atom stereocenters. The van der Waals surface area contributed by atoms with Gasteiger partial charge in [-0.1, -0.05) is 13.3 Å². The average Bonchev–Trinajstić information content (AvgIpc) is 3.16. The number of hydrogen-bond acceptors (Lipinski definition) is 9. The Morgan fingerprint density at radius 2 is 1.94 bits per heavy atom. The van der Waals surface area contributed by atoms with E-state index in [-0.39, 0.29) is 22.4 Å². The van der Waals surface area contributed by atoms with Crippen LogP contribution in [-0.4, -0.2) is 57.8 Å². The number of aryl methyl sites for hydroxylation is 2. The third-order valence-electron chi connectivity index (χ3n) is 6.74. The molecule has 9 nitrogen and oxygen atoms in total. The molecule has 0 spiro atoms. The molecule has 1 aromatic heterocycles. The maximum atomic E-state index is 13.4. The van der Waals surface area contributed by atoms with Gasteiger partial charge in [-0.2, -0.15) is 0 Å². The van der Waals surface area contributed by atoms with Crippen molar-refractivity contribution in [1.82, 2.24) is 4.98 Å². The van der Waals surface area contributed by atoms with Crippen molar-refractivity contribution in [2.24, 2.45) is 0 Å². The number of ether oxygens (including phenoxy) is 3. The summed E-state index contributed by atoms with van der Waals surface area (Å²) >= 11 is 0. The zero-order chi connectivity index (χ0) is 23.8. The molecule has 5 rings (SSSR count). The second-order valence-corrected chi connectivity index (χ2v) is 8.82. The Hall–Kier alpha value is -2.85. The number of aliphatic hydroxyl groups is 2. The number of aliphatic hydroxyl groups excluding tert-OH is 1. The highest BCUT2D eigenvalue weighted by Gasteiger charge is 2.63. The first kappa shape index (κ1) is 22.0. The van der Waals surface area contributed by atoms with Crippen LogP contribution in [0.25, 0.3) is 11.1 Å². The van der Waals surface area contributed by atoms with Gasteiger partial charge in [0.1, 0.15) is 12.2 Å². The maximum Gasteiger partial charge on any atom is 0.236 e. The lowest BCUT2D eigenvalue weighted by Crippen LogP contribution is -2.63. The van der Waals surface area contributed by atoms with Crippen molar-refractivity contribution in [2.45, 2.75) is 63.8 Å². The van der Waals surface area contributed by atoms with Crippen molar-refractivity contribution >= 4 is 5.78 Å². The van der Waals surface area contributed by atoms with Gasteiger partial charge in [0.25, 0.3) is 0 Å². The number of fused-ring (bicyclic) bond motifs is 6. The Kier molecular flexibility index (Phi) is 4.88. The second-order valence-electron chi connectivity index (χ2n) is 8.82. The van der Waals surface area contributed by atoms with Crippen LogP contribution in [0, 0.1) is 6.92 Å². The number of pyridine rings is 1. The number of methoxy groups -OCH3 is 1. The molecule has 3 N–H and O–H groups in total. The summed E-state index contributed by atoms with van der Waals surface area (Å²) in [5.41, 5.74) is -1.21. The summed E-state index contributed by atoms with van der Waals surface area (Å²) in [5, 5.41) is 33.7. The van der Waals surface area contributed by atoms with E-state index in [4.69, 9.17) is 14.2 Å². The highest BCUT2D eigenvalue weighted by atomic mass is 16.7. The van der Waals surface area contributed by atoms with Gasteiger partial charge >= 0.3 is 0 Å². The number of ketones is 1. The van der Waals surface area contributed by atoms with Gasteiger partial charge in [0, 0.05) is 29.5 Å². The molecule has 3 aliphatic rings. The Labute approximate surface area is 189 Å². The smallest absolute Gasteiger partial charge is 0.236 e. The summed E-state index contributed by atoms with van der Waals surface area (Å²) in [5.74, 6) is -1.21. The third kappa shape index (κ3) is 2.77. The van der Waals surface area contributed by atoms with Crippen molar-refractivity contribution < 1.29 is 34.3 Å². The fourth-order valence-corrected chi connectivity index (χ4v) is 5.27. The van der Waals surface area contributed by atoms with Crippen molar-refractivity contribution in [3.63, 3.8) is 0 Å². The van der Waals surface area contributed by atoms with Gasteiger partial charge in [0.05, 0.1) is 22.9 Å². The number of rotatable bonds is 3. The molecule has 1 aromatic carbocycles. The van der Waals surface area contributed by atoms with Gasteiger partial charge in [-0.15, -0.1) is 0 Å². The summed E-state index contributed by atoms with van der Waals surface area (Å²) in [7, 11) is 1.35. The van der Waals surface area contributed by atoms with Crippen LogP contribution in [0.3, 0.4) is 0 Å². The number of hydrogen-bond donors (Lipinski definition) is 3. The number of aromatic hydroxyl groups is 1. The molecule has 33 heavy (non-hydrogen) atoms. The van der Waals surface area contributed by atoms with Crippen LogP contribution in [0.1, 0.15) is 53.1 Å². The summed E-state index contributed by atoms with van der Waals surface area (Å²) in [4.78, 5) is 31.2. The van der Waals surface area contributed by atoms with E-state index in [1.807, 2.05) is 6.92 Å². The van der Waals surface area contributed by atoms with Gasteiger partial charge in [0.2, 0.25) is 6.29 Å². The fraction of sp³-hybridized carbons (Fsp3) is 0.458. The molecule has 9 heteroatoms. The molecule has 0 unspecified atom stereocenters. The van der Waals surface area contributed by atoms with Crippen molar-refractivity contribution in [2.75, 3.05) is 7.11 Å². The van der Waals surface area contributed by atoms with E-state index in [0.717, 1.165) is 12.5 Å². The molecule has 0 radical (unpaired) electrons. The number of aromatic nitrogens is 1. The van der Waals surface area contributed by atoms with E-state index in [1.165, 1.54) is 7.11 Å². The van der Waals surface area contributed by atoms with E-state index < -0.39 is 47.2 Å². The van der Waals surface area contributed by atoms with E-state index >= 15 is 0 Å². The Morgan fingerprint density at radius 1 is 1.21 bits per heavy atom. The highest BCUT2D eigenvalue weighted by molar-refractivity contribution is 6.23. The predicted molar refractivity (Wildman–Crippen MR) is 115 cm³/mol. The number of nitrogens with zero attached hydrogens (tertiary/aromatic N) is 1. The molecule has 1 aliphatic carbocycles. The van der Waals surface area contributed by atoms with E-state index in [0.29, 0.717) is 28.9 Å². The minimum atomic E-state index is -2.29. The predicted octanol–water partition coefficient (Wildman–Crippen LogP) is 1.32. The van der Waals surface area contributed by atoms with E-state index in [2.05, 4.69) is 4.98 Å². The molecule has 1 fully saturated rings. The normalized spacial score (nSPS) is 29.2. The summed E-state index contributed by atoms with van der Waals surface area (Å²) in [6, 6.07) is 2.76. The molecule has 0 saturated carbocycles. The molecule has 1 saturated heterocycles. The molecule has 0 amide bonds. The van der Waals surface area contributed by atoms with Crippen molar-refractivity contribution in [1.29, 1.82) is 0 Å². The topological polar surface area (TPSA) is 135 Å². The number of carbonyl (C=O) groups is 1. The average molecular weight is 455 g/mol. The molecule has 2 aliphatic heterocycles. The first-order chi connectivity index (χ1) is 15.6. The summed E-state index contributed by atoms with van der Waals surface area (Å²) in [6.07, 6.45) is -3.30. The monoisotopic (exact) mass is 455 g/mol. The minimum Gasteiger partial charge on any atom is -0.504 e. The van der Waals surface area contributed by atoms with Gasteiger partial charge in [0.15, 0.2) is 28.3 Å². The van der Waals surface area contributed by atoms with E-state index in [1.54, 1.807) is 19.9 Å². The second kappa shape index (κ2) is 7.33. The van der Waals surface area contributed by atoms with Crippen LogP contribution in [-0.2, 0) is 21.5 Å². The zero-order valence-electron chi connectivity index (χ0n) is 18.7. The van der Waals surface area contributed by atoms with Crippen LogP contribution in [0.5, 0.6) is 11.5 Å². The lowest BCUT2D eigenvalue weighted by Gasteiger charge is -2.44. The number of carbonyl (C=O) groups excluding carboxylic acids is 1. The summed E-state index contributed by atoms with van der Waals surface area (Å²) in [6.45, 7) is 5.40. The first-order valence-corrected chi connectivity index (χ1v) is 10.9. The Morgan fingerprint density at radius 3 is 2.61 bits per heavy atom. The Balaban J connectivity index is 1.80. The fourth-order valence-electron chi connectivity index (χ4n) is 5.27. The lowest BCUT2D eigenvalue weighted by molar-refractivity contribution is -0.310. The van der Waals surface area contributed by atoms with Crippen LogP contribution >= 0.6 is 0 Å². The molecular weight excluding hydrogens is 430 g/mol. The van der Waals surface area contributed by atoms with Crippen LogP contribution < -0.4 is 10.2 Å².